The maximum absolute atomic E-state index is 12.5. The summed E-state index contributed by atoms with van der Waals surface area (Å²) in [6.45, 7) is 1.38. The monoisotopic (exact) mass is 346 g/mol. The largest absolute Gasteiger partial charge is 0.497 e. The molecule has 1 atom stereocenters. The van der Waals surface area contributed by atoms with Crippen molar-refractivity contribution in [3.8, 4) is 5.75 Å². The Hall–Kier alpha value is -2.24. The van der Waals surface area contributed by atoms with Crippen LogP contribution >= 0.6 is 0 Å². The van der Waals surface area contributed by atoms with Gasteiger partial charge in [0.1, 0.15) is 11.8 Å². The molecule has 3 rings (SSSR count). The van der Waals surface area contributed by atoms with E-state index in [1.54, 1.807) is 12.0 Å². The highest BCUT2D eigenvalue weighted by molar-refractivity contribution is 5.84. The summed E-state index contributed by atoms with van der Waals surface area (Å²) in [7, 11) is 1.62. The second-order valence-electron chi connectivity index (χ2n) is 6.80. The number of nitrogens with zero attached hydrogens (tertiary/aromatic N) is 1. The van der Waals surface area contributed by atoms with Crippen molar-refractivity contribution in [3.05, 3.63) is 24.3 Å². The summed E-state index contributed by atoms with van der Waals surface area (Å²) in [6, 6.07) is 7.02. The van der Waals surface area contributed by atoms with Crippen LogP contribution in [-0.2, 0) is 14.3 Å². The van der Waals surface area contributed by atoms with E-state index in [1.807, 2.05) is 24.3 Å². The van der Waals surface area contributed by atoms with Crippen molar-refractivity contribution < 1.29 is 19.1 Å². The number of amides is 1. The Morgan fingerprint density at radius 3 is 2.48 bits per heavy atom. The zero-order valence-corrected chi connectivity index (χ0v) is 14.7. The third-order valence-corrected chi connectivity index (χ3v) is 4.78. The van der Waals surface area contributed by atoms with Crippen molar-refractivity contribution in [2.24, 2.45) is 5.92 Å². The van der Waals surface area contributed by atoms with Crippen LogP contribution in [0.3, 0.4) is 0 Å². The molecule has 1 aromatic carbocycles. The normalized spacial score (nSPS) is 17.9. The van der Waals surface area contributed by atoms with Crippen LogP contribution in [0, 0.1) is 5.92 Å². The van der Waals surface area contributed by atoms with Crippen molar-refractivity contribution in [1.29, 1.82) is 0 Å². The predicted molar refractivity (Wildman–Crippen MR) is 94.5 cm³/mol. The van der Waals surface area contributed by atoms with Crippen LogP contribution in [0.25, 0.3) is 0 Å². The molecule has 1 unspecified atom stereocenters. The smallest absolute Gasteiger partial charge is 0.329 e. The Bertz CT molecular complexity index is 592. The lowest BCUT2D eigenvalue weighted by atomic mass is 10.1. The minimum absolute atomic E-state index is 0.0968. The van der Waals surface area contributed by atoms with E-state index in [4.69, 9.17) is 9.47 Å². The molecule has 0 spiro atoms. The molecule has 6 nitrogen and oxygen atoms in total. The van der Waals surface area contributed by atoms with Gasteiger partial charge in [0.05, 0.1) is 7.11 Å². The molecule has 0 aromatic heterocycles. The molecule has 1 aliphatic heterocycles. The summed E-state index contributed by atoms with van der Waals surface area (Å²) in [5, 5.41) is 3.24. The molecule has 1 heterocycles. The first-order valence-electron chi connectivity index (χ1n) is 9.00. The Labute approximate surface area is 148 Å². The van der Waals surface area contributed by atoms with Crippen molar-refractivity contribution in [1.82, 2.24) is 4.90 Å². The van der Waals surface area contributed by atoms with Gasteiger partial charge in [0.15, 0.2) is 6.61 Å². The molecule has 0 radical (unpaired) electrons. The van der Waals surface area contributed by atoms with Gasteiger partial charge in [-0.25, -0.2) is 4.79 Å². The second-order valence-corrected chi connectivity index (χ2v) is 6.80. The Balaban J connectivity index is 1.54. The highest BCUT2D eigenvalue weighted by Gasteiger charge is 2.31. The quantitative estimate of drug-likeness (QED) is 0.732. The Morgan fingerprint density at radius 2 is 1.88 bits per heavy atom. The van der Waals surface area contributed by atoms with Crippen molar-refractivity contribution >= 4 is 17.6 Å². The molecule has 1 saturated carbocycles. The second kappa shape index (κ2) is 8.23. The average molecular weight is 346 g/mol. The molecule has 2 aliphatic rings. The standard InChI is InChI=1S/C19H26N2O4/c1-24-16-8-6-15(7-9-16)20-17(12-14-4-5-14)19(23)25-13-18(22)21-10-2-3-11-21/h6-9,14,17,20H,2-5,10-13H2,1H3. The van der Waals surface area contributed by atoms with Crippen molar-refractivity contribution in [2.75, 3.05) is 32.1 Å². The molecule has 1 N–H and O–H groups in total. The van der Waals surface area contributed by atoms with Gasteiger partial charge in [0.25, 0.3) is 5.91 Å². The van der Waals surface area contributed by atoms with E-state index in [2.05, 4.69) is 5.32 Å². The molecule has 6 heteroatoms. The van der Waals surface area contributed by atoms with Gasteiger partial charge >= 0.3 is 5.97 Å². The number of anilines is 1. The molecular weight excluding hydrogens is 320 g/mol. The number of carbonyl (C=O) groups excluding carboxylic acids is 2. The summed E-state index contributed by atoms with van der Waals surface area (Å²) in [5.41, 5.74) is 0.842. The number of benzene rings is 1. The predicted octanol–water partition coefficient (Wildman–Crippen LogP) is 2.44. The third kappa shape index (κ3) is 5.11. The third-order valence-electron chi connectivity index (χ3n) is 4.78. The van der Waals surface area contributed by atoms with E-state index in [0.29, 0.717) is 5.92 Å². The number of nitrogens with one attached hydrogen (secondary N) is 1. The lowest BCUT2D eigenvalue weighted by Gasteiger charge is -2.20. The molecule has 2 fully saturated rings. The fourth-order valence-electron chi connectivity index (χ4n) is 3.08. The Morgan fingerprint density at radius 1 is 1.20 bits per heavy atom. The lowest BCUT2D eigenvalue weighted by Crippen LogP contribution is -2.36. The highest BCUT2D eigenvalue weighted by Crippen LogP contribution is 2.34. The van der Waals surface area contributed by atoms with E-state index in [1.165, 1.54) is 0 Å². The van der Waals surface area contributed by atoms with E-state index >= 15 is 0 Å². The van der Waals surface area contributed by atoms with Gasteiger partial charge in [-0.2, -0.15) is 0 Å². The van der Waals surface area contributed by atoms with Crippen LogP contribution in [0.5, 0.6) is 5.75 Å². The molecule has 25 heavy (non-hydrogen) atoms. The van der Waals surface area contributed by atoms with Crippen LogP contribution < -0.4 is 10.1 Å². The van der Waals surface area contributed by atoms with E-state index in [-0.39, 0.29) is 18.5 Å². The summed E-state index contributed by atoms with van der Waals surface area (Å²) >= 11 is 0. The molecule has 1 saturated heterocycles. The highest BCUT2D eigenvalue weighted by atomic mass is 16.5. The van der Waals surface area contributed by atoms with Gasteiger partial charge in [-0.3, -0.25) is 4.79 Å². The molecule has 136 valence electrons. The summed E-state index contributed by atoms with van der Waals surface area (Å²) < 4.78 is 10.5. The van der Waals surface area contributed by atoms with E-state index in [9.17, 15) is 9.59 Å². The fourth-order valence-corrected chi connectivity index (χ4v) is 3.08. The van der Waals surface area contributed by atoms with Crippen molar-refractivity contribution in [3.63, 3.8) is 0 Å². The molecule has 1 aliphatic carbocycles. The minimum atomic E-state index is -0.424. The zero-order chi connectivity index (χ0) is 17.6. The van der Waals surface area contributed by atoms with Crippen LogP contribution in [0.15, 0.2) is 24.3 Å². The number of likely N-dealkylation sites (tertiary alicyclic amines) is 1. The number of rotatable bonds is 8. The van der Waals surface area contributed by atoms with Crippen LogP contribution in [0.2, 0.25) is 0 Å². The average Bonchev–Trinajstić information content (AvgIpc) is 3.28. The molecule has 1 amide bonds. The zero-order valence-electron chi connectivity index (χ0n) is 14.7. The number of hydrogen-bond donors (Lipinski definition) is 1. The van der Waals surface area contributed by atoms with E-state index in [0.717, 1.165) is 56.6 Å². The summed E-state index contributed by atoms with van der Waals surface area (Å²) in [5.74, 6) is 0.886. The first kappa shape index (κ1) is 17.6. The van der Waals surface area contributed by atoms with Crippen LogP contribution in [0.1, 0.15) is 32.1 Å². The number of carbonyl (C=O) groups is 2. The maximum atomic E-state index is 12.5. The van der Waals surface area contributed by atoms with Gasteiger partial charge in [-0.05, 0) is 49.4 Å². The number of ether oxygens (including phenoxy) is 2. The molecule has 1 aromatic rings. The number of esters is 1. The summed E-state index contributed by atoms with van der Waals surface area (Å²) in [4.78, 5) is 26.3. The minimum Gasteiger partial charge on any atom is -0.497 e. The maximum Gasteiger partial charge on any atom is 0.329 e. The van der Waals surface area contributed by atoms with Gasteiger partial charge in [-0.15, -0.1) is 0 Å². The van der Waals surface area contributed by atoms with Gasteiger partial charge < -0.3 is 19.7 Å². The van der Waals surface area contributed by atoms with E-state index < -0.39 is 6.04 Å². The summed E-state index contributed by atoms with van der Waals surface area (Å²) in [6.07, 6.45) is 5.11. The van der Waals surface area contributed by atoms with Crippen LogP contribution in [0.4, 0.5) is 5.69 Å². The van der Waals surface area contributed by atoms with Gasteiger partial charge in [0.2, 0.25) is 0 Å². The first-order chi connectivity index (χ1) is 12.2. The SMILES string of the molecule is COc1ccc(NC(CC2CC2)C(=O)OCC(=O)N2CCCC2)cc1. The molecule has 0 bridgehead atoms. The molecular formula is C19H26N2O4. The Kier molecular flexibility index (Phi) is 5.79. The fraction of sp³-hybridized carbons (Fsp3) is 0.579. The lowest BCUT2D eigenvalue weighted by molar-refractivity contribution is -0.152. The topological polar surface area (TPSA) is 67.9 Å². The first-order valence-corrected chi connectivity index (χ1v) is 9.00. The van der Waals surface area contributed by atoms with Gasteiger partial charge in [0, 0.05) is 18.8 Å². The van der Waals surface area contributed by atoms with Gasteiger partial charge in [-0.1, -0.05) is 12.8 Å². The van der Waals surface area contributed by atoms with Crippen molar-refractivity contribution in [2.45, 2.75) is 38.1 Å². The number of methoxy groups -OCH3 is 1. The van der Waals surface area contributed by atoms with Crippen LogP contribution in [-0.4, -0.2) is 49.6 Å². The number of hydrogen-bond acceptors (Lipinski definition) is 5.